The monoisotopic (exact) mass is 657 g/mol. The van der Waals surface area contributed by atoms with Gasteiger partial charge in [-0.25, -0.2) is 43.9 Å². The van der Waals surface area contributed by atoms with Gasteiger partial charge < -0.3 is 0 Å². The largest absolute Gasteiger partial charge is 0.207 e. The van der Waals surface area contributed by atoms with Crippen LogP contribution in [-0.4, -0.2) is 12.3 Å². The van der Waals surface area contributed by atoms with E-state index in [0.717, 1.165) is 50.8 Å². The van der Waals surface area contributed by atoms with Gasteiger partial charge in [0.25, 0.3) is 0 Å². The average Bonchev–Trinajstić information content (AvgIpc) is 2.94. The first kappa shape index (κ1) is 34.5. The van der Waals surface area contributed by atoms with Gasteiger partial charge in [0.2, 0.25) is 0 Å². The number of hydrogen-bond donors (Lipinski definition) is 0. The van der Waals surface area contributed by atoms with Crippen molar-refractivity contribution in [3.63, 3.8) is 0 Å². The fourth-order valence-electron chi connectivity index (χ4n) is 6.71. The molecular formula is C33H29BF10P-. The molecule has 0 heterocycles. The molecule has 0 aliphatic carbocycles. The van der Waals surface area contributed by atoms with Crippen LogP contribution in [0.5, 0.6) is 0 Å². The first-order chi connectivity index (χ1) is 20.8. The standard InChI is InChI=1S/C33H29BF10P/c1-14-10-16(3)32(17(4)11-14)45(33-18(5)12-15(2)13-19(33)6)9-8-34(7,20-22(35)26(39)30(43)27(40)23(20)36)21-24(37)28(41)31(44)29(42)25(21)38/h10-13H,8-9H2,1-7H3/q-1. The lowest BCUT2D eigenvalue weighted by Crippen LogP contribution is -2.62. The fourth-order valence-corrected chi connectivity index (χ4v) is 10.1. The van der Waals surface area contributed by atoms with E-state index in [1.54, 1.807) is 0 Å². The summed E-state index contributed by atoms with van der Waals surface area (Å²) in [6, 6.07) is 7.59. The summed E-state index contributed by atoms with van der Waals surface area (Å²) in [5, 5.41) is 1.61. The molecule has 0 radical (unpaired) electrons. The summed E-state index contributed by atoms with van der Waals surface area (Å²) < 4.78 is 148. The van der Waals surface area contributed by atoms with Crippen molar-refractivity contribution in [2.75, 3.05) is 6.16 Å². The van der Waals surface area contributed by atoms with E-state index in [4.69, 9.17) is 0 Å². The van der Waals surface area contributed by atoms with Gasteiger partial charge in [0.15, 0.2) is 34.9 Å². The Morgan fingerprint density at radius 2 is 0.689 bits per heavy atom. The molecule has 0 saturated carbocycles. The predicted molar refractivity (Wildman–Crippen MR) is 161 cm³/mol. The highest BCUT2D eigenvalue weighted by atomic mass is 31.1. The van der Waals surface area contributed by atoms with E-state index in [2.05, 4.69) is 0 Å². The molecule has 0 N–H and O–H groups in total. The molecule has 0 nitrogen and oxygen atoms in total. The highest BCUT2D eigenvalue weighted by Gasteiger charge is 2.40. The Morgan fingerprint density at radius 1 is 0.444 bits per heavy atom. The van der Waals surface area contributed by atoms with E-state index in [1.807, 2.05) is 65.8 Å². The van der Waals surface area contributed by atoms with Crippen LogP contribution in [0.15, 0.2) is 24.3 Å². The SMILES string of the molecule is Cc1cc(C)c(P(CC[B-](C)(c2c(F)c(F)c(F)c(F)c2F)c2c(F)c(F)c(F)c(F)c2F)c2c(C)cc(C)cc2C)c(C)c1. The molecule has 240 valence electrons. The van der Waals surface area contributed by atoms with Crippen molar-refractivity contribution >= 4 is 35.6 Å². The number of hydrogen-bond acceptors (Lipinski definition) is 0. The summed E-state index contributed by atoms with van der Waals surface area (Å²) in [6.07, 6.45) is -4.75. The molecule has 0 unspecified atom stereocenters. The first-order valence-corrected chi connectivity index (χ1v) is 15.6. The van der Waals surface area contributed by atoms with Gasteiger partial charge in [-0.15, -0.1) is 10.9 Å². The summed E-state index contributed by atoms with van der Waals surface area (Å²) in [5.41, 5.74) is 1.85. The van der Waals surface area contributed by atoms with Crippen LogP contribution in [0.2, 0.25) is 13.1 Å². The minimum atomic E-state index is -3.88. The molecule has 0 aromatic heterocycles. The lowest BCUT2D eigenvalue weighted by atomic mass is 9.18. The second-order valence-corrected chi connectivity index (χ2v) is 14.1. The summed E-state index contributed by atoms with van der Waals surface area (Å²) in [5.74, 6) is -24.3. The lowest BCUT2D eigenvalue weighted by molar-refractivity contribution is 0.381. The smallest absolute Gasteiger partial charge is 0.200 e. The number of aryl methyl sites for hydroxylation is 6. The molecular weight excluding hydrogens is 628 g/mol. The Labute approximate surface area is 256 Å². The number of rotatable bonds is 7. The fraction of sp³-hybridized carbons (Fsp3) is 0.273. The third-order valence-corrected chi connectivity index (χ3v) is 11.7. The summed E-state index contributed by atoms with van der Waals surface area (Å²) in [4.78, 5) is 0. The molecule has 4 rings (SSSR count). The highest BCUT2D eigenvalue weighted by molar-refractivity contribution is 7.73. The molecule has 45 heavy (non-hydrogen) atoms. The van der Waals surface area contributed by atoms with Crippen molar-refractivity contribution in [1.82, 2.24) is 0 Å². The second kappa shape index (κ2) is 12.5. The van der Waals surface area contributed by atoms with Crippen molar-refractivity contribution in [3.8, 4) is 0 Å². The Kier molecular flexibility index (Phi) is 9.57. The van der Waals surface area contributed by atoms with Crippen LogP contribution < -0.4 is 21.5 Å². The second-order valence-electron chi connectivity index (χ2n) is 11.9. The summed E-state index contributed by atoms with van der Waals surface area (Å²) >= 11 is 0. The Morgan fingerprint density at radius 3 is 0.956 bits per heavy atom. The quantitative estimate of drug-likeness (QED) is 0.0618. The zero-order valence-electron chi connectivity index (χ0n) is 25.5. The molecule has 0 amide bonds. The predicted octanol–water partition coefficient (Wildman–Crippen LogP) is 8.25. The van der Waals surface area contributed by atoms with Crippen LogP contribution in [0.4, 0.5) is 43.9 Å². The maximum atomic E-state index is 15.4. The van der Waals surface area contributed by atoms with Gasteiger partial charge in [0.05, 0.1) is 6.15 Å². The van der Waals surface area contributed by atoms with E-state index in [1.165, 1.54) is 0 Å². The third kappa shape index (κ3) is 5.77. The van der Waals surface area contributed by atoms with Crippen LogP contribution in [0.1, 0.15) is 33.4 Å². The van der Waals surface area contributed by atoms with Gasteiger partial charge in [0.1, 0.15) is 23.3 Å². The Balaban J connectivity index is 2.09. The average molecular weight is 657 g/mol. The number of halogens is 10. The zero-order chi connectivity index (χ0) is 33.9. The van der Waals surface area contributed by atoms with Crippen LogP contribution >= 0.6 is 7.92 Å². The van der Waals surface area contributed by atoms with Gasteiger partial charge in [-0.1, -0.05) is 41.6 Å². The molecule has 12 heteroatoms. The van der Waals surface area contributed by atoms with Crippen LogP contribution in [0.25, 0.3) is 0 Å². The van der Waals surface area contributed by atoms with Crippen LogP contribution in [-0.2, 0) is 0 Å². The molecule has 0 fully saturated rings. The van der Waals surface area contributed by atoms with Gasteiger partial charge >= 0.3 is 0 Å². The first-order valence-electron chi connectivity index (χ1n) is 14.0. The molecule has 0 atom stereocenters. The van der Waals surface area contributed by atoms with Gasteiger partial charge in [0, 0.05) is 0 Å². The lowest BCUT2D eigenvalue weighted by Gasteiger charge is -2.40. The molecule has 0 bridgehead atoms. The van der Waals surface area contributed by atoms with Gasteiger partial charge in [-0.3, -0.25) is 0 Å². The molecule has 0 spiro atoms. The highest BCUT2D eigenvalue weighted by Crippen LogP contribution is 2.42. The van der Waals surface area contributed by atoms with Crippen molar-refractivity contribution in [2.24, 2.45) is 0 Å². The molecule has 0 aliphatic heterocycles. The maximum Gasteiger partial charge on any atom is 0.200 e. The summed E-state index contributed by atoms with van der Waals surface area (Å²) in [6.45, 7) is 11.9. The van der Waals surface area contributed by atoms with E-state index in [9.17, 15) is 26.3 Å². The van der Waals surface area contributed by atoms with Crippen molar-refractivity contribution in [1.29, 1.82) is 0 Å². The minimum absolute atomic E-state index is 0.166. The van der Waals surface area contributed by atoms with E-state index >= 15 is 17.6 Å². The molecule has 4 aromatic carbocycles. The van der Waals surface area contributed by atoms with Gasteiger partial charge in [-0.05, 0) is 82.3 Å². The summed E-state index contributed by atoms with van der Waals surface area (Å²) in [7, 11) is -1.58. The normalized spacial score (nSPS) is 12.0. The van der Waals surface area contributed by atoms with Crippen molar-refractivity contribution in [3.05, 3.63) is 116 Å². The van der Waals surface area contributed by atoms with Crippen molar-refractivity contribution < 1.29 is 43.9 Å². The minimum Gasteiger partial charge on any atom is -0.207 e. The maximum absolute atomic E-state index is 15.4. The molecule has 4 aromatic rings. The number of benzene rings is 4. The van der Waals surface area contributed by atoms with Gasteiger partial charge in [-0.2, -0.15) is 13.1 Å². The Bertz CT molecular complexity index is 1620. The van der Waals surface area contributed by atoms with Crippen LogP contribution in [0.3, 0.4) is 0 Å². The van der Waals surface area contributed by atoms with E-state index in [-0.39, 0.29) is 6.16 Å². The topological polar surface area (TPSA) is 0 Å². The molecule has 0 aliphatic rings. The van der Waals surface area contributed by atoms with Crippen molar-refractivity contribution in [2.45, 2.75) is 54.7 Å². The zero-order valence-corrected chi connectivity index (χ0v) is 26.4. The van der Waals surface area contributed by atoms with Crippen LogP contribution in [0, 0.1) is 99.7 Å². The van der Waals surface area contributed by atoms with E-state index < -0.39 is 89.5 Å². The van der Waals surface area contributed by atoms with E-state index in [0.29, 0.717) is 0 Å². The Hall–Kier alpha value is -3.33. The molecule has 0 saturated heterocycles. The third-order valence-electron chi connectivity index (χ3n) is 8.50.